The van der Waals surface area contributed by atoms with Gasteiger partial charge in [-0.2, -0.15) is 5.10 Å². The molecule has 0 aliphatic rings. The first-order chi connectivity index (χ1) is 6.42. The normalized spacial score (nSPS) is 10.8. The quantitative estimate of drug-likeness (QED) is 0.710. The molecule has 0 saturated heterocycles. The SMILES string of the molecule is CNCCc1cnc2nnccn12. The van der Waals surface area contributed by atoms with E-state index in [1.165, 1.54) is 0 Å². The number of hydrogen-bond acceptors (Lipinski definition) is 4. The Hall–Kier alpha value is -1.49. The van der Waals surface area contributed by atoms with Gasteiger partial charge in [-0.05, 0) is 7.05 Å². The molecule has 2 aromatic rings. The highest BCUT2D eigenvalue weighted by molar-refractivity contribution is 5.28. The van der Waals surface area contributed by atoms with E-state index in [1.807, 2.05) is 23.8 Å². The molecular formula is C8H11N5. The zero-order chi connectivity index (χ0) is 9.10. The number of nitrogens with one attached hydrogen (secondary N) is 1. The number of nitrogens with zero attached hydrogens (tertiary/aromatic N) is 4. The van der Waals surface area contributed by atoms with E-state index >= 15 is 0 Å². The third-order valence-electron chi connectivity index (χ3n) is 1.91. The average Bonchev–Trinajstić information content (AvgIpc) is 2.58. The van der Waals surface area contributed by atoms with Crippen LogP contribution in [0.15, 0.2) is 18.6 Å². The summed E-state index contributed by atoms with van der Waals surface area (Å²) in [5, 5.41) is 10.7. The van der Waals surface area contributed by atoms with Gasteiger partial charge in [0, 0.05) is 24.9 Å². The largest absolute Gasteiger partial charge is 0.319 e. The molecule has 5 nitrogen and oxygen atoms in total. The minimum absolute atomic E-state index is 0.661. The number of imidazole rings is 1. The van der Waals surface area contributed by atoms with Gasteiger partial charge in [0.25, 0.3) is 5.78 Å². The fourth-order valence-corrected chi connectivity index (χ4v) is 1.24. The molecule has 0 radical (unpaired) electrons. The van der Waals surface area contributed by atoms with Gasteiger partial charge in [-0.3, -0.25) is 4.40 Å². The van der Waals surface area contributed by atoms with Gasteiger partial charge in [-0.15, -0.1) is 5.10 Å². The van der Waals surface area contributed by atoms with Gasteiger partial charge in [0.1, 0.15) is 0 Å². The van der Waals surface area contributed by atoms with Crippen LogP contribution in [0, 0.1) is 0 Å². The molecule has 0 atom stereocenters. The van der Waals surface area contributed by atoms with E-state index in [0.717, 1.165) is 18.7 Å². The highest BCUT2D eigenvalue weighted by Crippen LogP contribution is 2.02. The molecule has 0 aliphatic carbocycles. The Morgan fingerprint density at radius 2 is 2.46 bits per heavy atom. The lowest BCUT2D eigenvalue weighted by atomic mass is 10.3. The van der Waals surface area contributed by atoms with Gasteiger partial charge in [0.2, 0.25) is 0 Å². The van der Waals surface area contributed by atoms with Crippen molar-refractivity contribution in [2.24, 2.45) is 0 Å². The molecule has 2 heterocycles. The Balaban J connectivity index is 2.35. The number of rotatable bonds is 3. The van der Waals surface area contributed by atoms with Crippen LogP contribution >= 0.6 is 0 Å². The van der Waals surface area contributed by atoms with Crippen LogP contribution in [-0.2, 0) is 6.42 Å². The third kappa shape index (κ3) is 1.50. The van der Waals surface area contributed by atoms with E-state index in [-0.39, 0.29) is 0 Å². The average molecular weight is 177 g/mol. The van der Waals surface area contributed by atoms with Crippen LogP contribution in [0.5, 0.6) is 0 Å². The number of likely N-dealkylation sites (N-methyl/N-ethyl adjacent to an activating group) is 1. The summed E-state index contributed by atoms with van der Waals surface area (Å²) in [5.74, 6) is 0.661. The number of fused-ring (bicyclic) bond motifs is 1. The molecule has 1 N–H and O–H groups in total. The van der Waals surface area contributed by atoms with Crippen LogP contribution in [0.1, 0.15) is 5.69 Å². The van der Waals surface area contributed by atoms with E-state index in [9.17, 15) is 0 Å². The molecular weight excluding hydrogens is 166 g/mol. The summed E-state index contributed by atoms with van der Waals surface area (Å²) >= 11 is 0. The van der Waals surface area contributed by atoms with Gasteiger partial charge in [-0.1, -0.05) is 0 Å². The van der Waals surface area contributed by atoms with Crippen LogP contribution in [-0.4, -0.2) is 33.2 Å². The second-order valence-corrected chi connectivity index (χ2v) is 2.79. The number of hydrogen-bond donors (Lipinski definition) is 1. The lowest BCUT2D eigenvalue weighted by molar-refractivity contribution is 0.767. The molecule has 0 aliphatic heterocycles. The molecule has 0 saturated carbocycles. The molecule has 5 heteroatoms. The standard InChI is InChI=1S/C8H11N5/c1-9-3-2-7-6-10-8-12-11-4-5-13(7)8/h4-6,9H,2-3H2,1H3. The first kappa shape index (κ1) is 8.12. The monoisotopic (exact) mass is 177 g/mol. The Morgan fingerprint density at radius 3 is 3.31 bits per heavy atom. The first-order valence-corrected chi connectivity index (χ1v) is 4.20. The van der Waals surface area contributed by atoms with Crippen molar-refractivity contribution in [2.75, 3.05) is 13.6 Å². The first-order valence-electron chi connectivity index (χ1n) is 4.20. The molecule has 0 spiro atoms. The summed E-state index contributed by atoms with van der Waals surface area (Å²) in [5.41, 5.74) is 1.15. The fourth-order valence-electron chi connectivity index (χ4n) is 1.24. The van der Waals surface area contributed by atoms with Crippen LogP contribution in [0.25, 0.3) is 5.78 Å². The van der Waals surface area contributed by atoms with Crippen molar-refractivity contribution in [1.29, 1.82) is 0 Å². The van der Waals surface area contributed by atoms with Gasteiger partial charge in [0.05, 0.1) is 12.4 Å². The summed E-state index contributed by atoms with van der Waals surface area (Å²) in [6.07, 6.45) is 6.32. The molecule has 0 unspecified atom stereocenters. The Kier molecular flexibility index (Phi) is 2.18. The molecule has 2 rings (SSSR count). The summed E-state index contributed by atoms with van der Waals surface area (Å²) in [6.45, 7) is 0.941. The van der Waals surface area contributed by atoms with Gasteiger partial charge in [-0.25, -0.2) is 4.98 Å². The molecule has 2 aromatic heterocycles. The topological polar surface area (TPSA) is 55.1 Å². The van der Waals surface area contributed by atoms with E-state index < -0.39 is 0 Å². The zero-order valence-corrected chi connectivity index (χ0v) is 7.44. The van der Waals surface area contributed by atoms with Crippen molar-refractivity contribution >= 4 is 5.78 Å². The summed E-state index contributed by atoms with van der Waals surface area (Å²) in [4.78, 5) is 4.13. The second-order valence-electron chi connectivity index (χ2n) is 2.79. The lowest BCUT2D eigenvalue weighted by Crippen LogP contribution is -2.11. The van der Waals surface area contributed by atoms with Crippen LogP contribution in [0.3, 0.4) is 0 Å². The lowest BCUT2D eigenvalue weighted by Gasteiger charge is -1.98. The van der Waals surface area contributed by atoms with E-state index in [2.05, 4.69) is 20.5 Å². The van der Waals surface area contributed by atoms with E-state index in [1.54, 1.807) is 6.20 Å². The van der Waals surface area contributed by atoms with Gasteiger partial charge >= 0.3 is 0 Å². The van der Waals surface area contributed by atoms with E-state index in [4.69, 9.17) is 0 Å². The molecule has 0 bridgehead atoms. The van der Waals surface area contributed by atoms with Gasteiger partial charge < -0.3 is 5.32 Å². The van der Waals surface area contributed by atoms with Crippen LogP contribution in [0.2, 0.25) is 0 Å². The van der Waals surface area contributed by atoms with Crippen molar-refractivity contribution in [2.45, 2.75) is 6.42 Å². The second kappa shape index (κ2) is 3.49. The van der Waals surface area contributed by atoms with Crippen molar-refractivity contribution in [1.82, 2.24) is 24.9 Å². The third-order valence-corrected chi connectivity index (χ3v) is 1.91. The van der Waals surface area contributed by atoms with Crippen LogP contribution in [0.4, 0.5) is 0 Å². The minimum Gasteiger partial charge on any atom is -0.319 e. The van der Waals surface area contributed by atoms with Crippen LogP contribution < -0.4 is 5.32 Å². The van der Waals surface area contributed by atoms with Gasteiger partial charge in [0.15, 0.2) is 0 Å². The molecule has 68 valence electrons. The molecule has 0 fully saturated rings. The number of aromatic nitrogens is 4. The van der Waals surface area contributed by atoms with Crippen molar-refractivity contribution in [3.05, 3.63) is 24.3 Å². The highest BCUT2D eigenvalue weighted by atomic mass is 15.2. The van der Waals surface area contributed by atoms with Crippen molar-refractivity contribution in [3.63, 3.8) is 0 Å². The predicted molar refractivity (Wildman–Crippen MR) is 48.4 cm³/mol. The maximum Gasteiger partial charge on any atom is 0.253 e. The Morgan fingerprint density at radius 1 is 1.54 bits per heavy atom. The maximum atomic E-state index is 4.13. The minimum atomic E-state index is 0.661. The van der Waals surface area contributed by atoms with E-state index in [0.29, 0.717) is 5.78 Å². The highest BCUT2D eigenvalue weighted by Gasteiger charge is 2.01. The predicted octanol–water partition coefficient (Wildman–Crippen LogP) is -0.114. The summed E-state index contributed by atoms with van der Waals surface area (Å²) in [6, 6.07) is 0. The Labute approximate surface area is 75.8 Å². The smallest absolute Gasteiger partial charge is 0.253 e. The molecule has 0 amide bonds. The zero-order valence-electron chi connectivity index (χ0n) is 7.44. The summed E-state index contributed by atoms with van der Waals surface area (Å²) in [7, 11) is 1.93. The molecule has 13 heavy (non-hydrogen) atoms. The summed E-state index contributed by atoms with van der Waals surface area (Å²) < 4.78 is 1.95. The van der Waals surface area contributed by atoms with Crippen molar-refractivity contribution < 1.29 is 0 Å². The van der Waals surface area contributed by atoms with Crippen molar-refractivity contribution in [3.8, 4) is 0 Å². The maximum absolute atomic E-state index is 4.13. The fraction of sp³-hybridized carbons (Fsp3) is 0.375. The molecule has 0 aromatic carbocycles. The Bertz CT molecular complexity index is 394.